The van der Waals surface area contributed by atoms with Gasteiger partial charge in [0.15, 0.2) is 0 Å². The van der Waals surface area contributed by atoms with Crippen LogP contribution in [0.4, 0.5) is 0 Å². The maximum Gasteiger partial charge on any atom is 0.0386 e. The minimum atomic E-state index is -2.30. The predicted molar refractivity (Wildman–Crippen MR) is 169 cm³/mol. The molecule has 2 aliphatic rings. The zero-order valence-corrected chi connectivity index (χ0v) is 24.6. The molecule has 2 saturated carbocycles. The highest BCUT2D eigenvalue weighted by atomic mass is 32.4. The minimum absolute atomic E-state index is 0.679. The predicted octanol–water partition coefficient (Wildman–Crippen LogP) is 9.26. The SMILES string of the molecule is S=P(/C(=C/P(=S)(C1CCCCC1)C1CCCCC1)c1ccccc1)(c1ccccc1)c1ccccc1. The summed E-state index contributed by atoms with van der Waals surface area (Å²) < 4.78 is 0. The first-order chi connectivity index (χ1) is 17.6. The zero-order chi connectivity index (χ0) is 24.8. The number of benzene rings is 3. The normalized spacial score (nSPS) is 18.7. The Kier molecular flexibility index (Phi) is 8.80. The lowest BCUT2D eigenvalue weighted by atomic mass is 9.99. The number of hydrogen-bond acceptors (Lipinski definition) is 2. The molecule has 36 heavy (non-hydrogen) atoms. The van der Waals surface area contributed by atoms with Gasteiger partial charge in [-0.1, -0.05) is 153 Å². The highest BCUT2D eigenvalue weighted by Crippen LogP contribution is 2.69. The molecule has 0 aliphatic heterocycles. The van der Waals surface area contributed by atoms with Crippen molar-refractivity contribution in [3.63, 3.8) is 0 Å². The van der Waals surface area contributed by atoms with E-state index in [4.69, 9.17) is 23.6 Å². The first kappa shape index (κ1) is 26.3. The highest BCUT2D eigenvalue weighted by molar-refractivity contribution is 8.27. The van der Waals surface area contributed by atoms with E-state index in [0.717, 1.165) is 0 Å². The van der Waals surface area contributed by atoms with Crippen LogP contribution in [0.1, 0.15) is 69.8 Å². The van der Waals surface area contributed by atoms with E-state index in [9.17, 15) is 0 Å². The van der Waals surface area contributed by atoms with Crippen molar-refractivity contribution < 1.29 is 0 Å². The first-order valence-corrected chi connectivity index (χ1v) is 19.5. The molecule has 0 amide bonds. The number of hydrogen-bond donors (Lipinski definition) is 0. The van der Waals surface area contributed by atoms with Gasteiger partial charge in [0.2, 0.25) is 0 Å². The second kappa shape index (κ2) is 12.0. The van der Waals surface area contributed by atoms with Crippen LogP contribution in [-0.4, -0.2) is 11.3 Å². The fourth-order valence-corrected chi connectivity index (χ4v) is 17.3. The van der Waals surface area contributed by atoms with E-state index in [0.29, 0.717) is 11.3 Å². The average Bonchev–Trinajstić information content (AvgIpc) is 2.97. The van der Waals surface area contributed by atoms with E-state index in [-0.39, 0.29) is 0 Å². The first-order valence-electron chi connectivity index (χ1n) is 13.7. The molecule has 0 aromatic heterocycles. The van der Waals surface area contributed by atoms with Crippen LogP contribution >= 0.6 is 12.1 Å². The van der Waals surface area contributed by atoms with Gasteiger partial charge in [0.05, 0.1) is 0 Å². The molecule has 0 radical (unpaired) electrons. The van der Waals surface area contributed by atoms with Gasteiger partial charge in [-0.15, -0.1) is 0 Å². The molecule has 0 bridgehead atoms. The Morgan fingerprint density at radius 3 is 1.36 bits per heavy atom. The molecule has 188 valence electrons. The van der Waals surface area contributed by atoms with Gasteiger partial charge in [-0.2, -0.15) is 0 Å². The summed E-state index contributed by atoms with van der Waals surface area (Å²) in [5, 5.41) is 3.90. The van der Waals surface area contributed by atoms with Gasteiger partial charge in [-0.05, 0) is 65.0 Å². The van der Waals surface area contributed by atoms with Crippen molar-refractivity contribution in [1.29, 1.82) is 0 Å². The molecule has 5 rings (SSSR count). The summed E-state index contributed by atoms with van der Waals surface area (Å²) in [4.78, 5) is 0. The van der Waals surface area contributed by atoms with Gasteiger partial charge in [0, 0.05) is 11.4 Å². The Labute approximate surface area is 228 Å². The van der Waals surface area contributed by atoms with E-state index < -0.39 is 12.1 Å². The third-order valence-electron chi connectivity index (χ3n) is 8.26. The van der Waals surface area contributed by atoms with E-state index in [2.05, 4.69) is 96.8 Å². The van der Waals surface area contributed by atoms with E-state index in [1.54, 1.807) is 0 Å². The van der Waals surface area contributed by atoms with Crippen molar-refractivity contribution >= 4 is 51.6 Å². The minimum Gasteiger partial charge on any atom is -0.0926 e. The summed E-state index contributed by atoms with van der Waals surface area (Å²) in [5.41, 5.74) is 2.63. The molecular weight excluding hydrogens is 510 g/mol. The summed E-state index contributed by atoms with van der Waals surface area (Å²) in [6.45, 7) is 0. The van der Waals surface area contributed by atoms with Crippen LogP contribution < -0.4 is 10.6 Å². The van der Waals surface area contributed by atoms with Crippen molar-refractivity contribution in [3.05, 3.63) is 102 Å². The lowest BCUT2D eigenvalue weighted by molar-refractivity contribution is 0.486. The molecule has 4 heteroatoms. The quantitative estimate of drug-likeness (QED) is 0.270. The van der Waals surface area contributed by atoms with Gasteiger partial charge in [-0.25, -0.2) is 0 Å². The van der Waals surface area contributed by atoms with Gasteiger partial charge in [0.25, 0.3) is 0 Å². The Morgan fingerprint density at radius 2 is 0.944 bits per heavy atom. The Hall–Kier alpha value is -1.30. The molecule has 0 nitrogen and oxygen atoms in total. The molecule has 0 saturated heterocycles. The van der Waals surface area contributed by atoms with E-state index >= 15 is 0 Å². The van der Waals surface area contributed by atoms with Crippen LogP contribution in [0.2, 0.25) is 0 Å². The van der Waals surface area contributed by atoms with E-state index in [1.807, 2.05) is 0 Å². The molecule has 0 spiro atoms. The molecule has 3 aromatic carbocycles. The van der Waals surface area contributed by atoms with Crippen molar-refractivity contribution in [1.82, 2.24) is 0 Å². The van der Waals surface area contributed by atoms with Gasteiger partial charge in [-0.3, -0.25) is 0 Å². The standard InChI is InChI=1S/C32H38P2S2/c35-33(28-18-8-2-9-19-28,29-20-10-3-11-21-29)26-32(27-16-6-1-7-17-27)34(36,30-22-12-4-13-23-30)31-24-14-5-15-25-31/h1,4-7,12-17,22-26,28-29H,2-3,8-11,18-21H2/b32-26+. The Bertz CT molecular complexity index is 1170. The van der Waals surface area contributed by atoms with Crippen LogP contribution in [0, 0.1) is 0 Å². The largest absolute Gasteiger partial charge is 0.0926 e. The fourth-order valence-electron chi connectivity index (χ4n) is 6.32. The number of rotatable bonds is 7. The summed E-state index contributed by atoms with van der Waals surface area (Å²) >= 11 is 13.9. The summed E-state index contributed by atoms with van der Waals surface area (Å²) in [5.74, 6) is 2.68. The molecule has 3 aromatic rings. The van der Waals surface area contributed by atoms with Crippen molar-refractivity contribution in [2.24, 2.45) is 0 Å². The van der Waals surface area contributed by atoms with Gasteiger partial charge in [0.1, 0.15) is 0 Å². The van der Waals surface area contributed by atoms with Gasteiger partial charge >= 0.3 is 0 Å². The monoisotopic (exact) mass is 548 g/mol. The summed E-state index contributed by atoms with van der Waals surface area (Å²) in [7, 11) is 0. The molecular formula is C32H38P2S2. The third-order valence-corrected chi connectivity index (χ3v) is 19.5. The van der Waals surface area contributed by atoms with Crippen LogP contribution in [0.25, 0.3) is 5.31 Å². The smallest absolute Gasteiger partial charge is 0.0386 e. The van der Waals surface area contributed by atoms with Crippen LogP contribution in [0.15, 0.2) is 96.8 Å². The molecule has 2 aliphatic carbocycles. The Morgan fingerprint density at radius 1 is 0.556 bits per heavy atom. The molecule has 0 unspecified atom stereocenters. The second-order valence-electron chi connectivity index (χ2n) is 10.5. The van der Waals surface area contributed by atoms with E-state index in [1.165, 1.54) is 85.7 Å². The fraction of sp³-hybridized carbons (Fsp3) is 0.375. The molecule has 0 N–H and O–H groups in total. The van der Waals surface area contributed by atoms with Crippen LogP contribution in [0.5, 0.6) is 0 Å². The van der Waals surface area contributed by atoms with Gasteiger partial charge < -0.3 is 0 Å². The summed E-state index contributed by atoms with van der Waals surface area (Å²) in [6, 6.07) is 28.8. The Balaban J connectivity index is 1.77. The summed E-state index contributed by atoms with van der Waals surface area (Å²) in [6.07, 6.45) is 13.4. The van der Waals surface area contributed by atoms with Crippen LogP contribution in [-0.2, 0) is 23.6 Å². The van der Waals surface area contributed by atoms with Crippen molar-refractivity contribution in [2.75, 3.05) is 0 Å². The second-order valence-corrected chi connectivity index (χ2v) is 20.0. The zero-order valence-electron chi connectivity index (χ0n) is 21.2. The third kappa shape index (κ3) is 5.44. The lowest BCUT2D eigenvalue weighted by Gasteiger charge is -2.41. The average molecular weight is 549 g/mol. The molecule has 2 fully saturated rings. The lowest BCUT2D eigenvalue weighted by Crippen LogP contribution is -2.23. The maximum atomic E-state index is 6.99. The van der Waals surface area contributed by atoms with Crippen molar-refractivity contribution in [2.45, 2.75) is 75.5 Å². The maximum absolute atomic E-state index is 6.99. The topological polar surface area (TPSA) is 0 Å². The highest BCUT2D eigenvalue weighted by Gasteiger charge is 2.38. The molecule has 0 heterocycles. The van der Waals surface area contributed by atoms with Crippen molar-refractivity contribution in [3.8, 4) is 0 Å². The van der Waals surface area contributed by atoms with Crippen LogP contribution in [0.3, 0.4) is 0 Å². The molecule has 0 atom stereocenters.